The van der Waals surface area contributed by atoms with Crippen LogP contribution in [0.4, 0.5) is 11.4 Å². The number of aromatic carboxylic acids is 1. The van der Waals surface area contributed by atoms with E-state index in [1.807, 2.05) is 0 Å². The largest absolute Gasteiger partial charge is 0.481 e. The molecule has 1 aromatic rings. The lowest BCUT2D eigenvalue weighted by atomic mass is 10.1. The van der Waals surface area contributed by atoms with Gasteiger partial charge in [-0.3, -0.25) is 14.9 Å². The number of hydrogen-bond acceptors (Lipinski definition) is 8. The summed E-state index contributed by atoms with van der Waals surface area (Å²) in [4.78, 5) is 42.3. The molecule has 124 valence electrons. The summed E-state index contributed by atoms with van der Waals surface area (Å²) in [7, 11) is 0. The maximum Gasteiger partial charge on any atom is 0.342 e. The van der Waals surface area contributed by atoms with Gasteiger partial charge in [0, 0.05) is 6.07 Å². The Labute approximate surface area is 129 Å². The minimum absolute atomic E-state index is 0.126. The number of aldehydes is 1. The number of hydrazine groups is 1. The predicted octanol–water partition coefficient (Wildman–Crippen LogP) is -0.421. The molecule has 23 heavy (non-hydrogen) atoms. The Morgan fingerprint density at radius 3 is 2.52 bits per heavy atom. The van der Waals surface area contributed by atoms with Crippen molar-refractivity contribution >= 4 is 29.6 Å². The zero-order valence-corrected chi connectivity index (χ0v) is 11.6. The number of nitro groups is 1. The fraction of sp³-hybridized carbons (Fsp3) is 0.250. The normalized spacial score (nSPS) is 12.9. The van der Waals surface area contributed by atoms with Crippen LogP contribution in [-0.2, 0) is 9.59 Å². The smallest absolute Gasteiger partial charge is 0.342 e. The molecule has 1 rings (SSSR count). The quantitative estimate of drug-likeness (QED) is 0.227. The van der Waals surface area contributed by atoms with E-state index in [9.17, 15) is 24.5 Å². The number of nitro benzene ring substituents is 1. The minimum Gasteiger partial charge on any atom is -0.481 e. The van der Waals surface area contributed by atoms with Crippen LogP contribution in [-0.4, -0.2) is 45.4 Å². The van der Waals surface area contributed by atoms with Gasteiger partial charge < -0.3 is 26.2 Å². The molecule has 0 bridgehead atoms. The third-order valence-corrected chi connectivity index (χ3v) is 2.84. The zero-order valence-electron chi connectivity index (χ0n) is 11.6. The van der Waals surface area contributed by atoms with Crippen molar-refractivity contribution in [2.45, 2.75) is 18.5 Å². The van der Waals surface area contributed by atoms with Gasteiger partial charge in [-0.2, -0.15) is 0 Å². The summed E-state index contributed by atoms with van der Waals surface area (Å²) in [5.41, 5.74) is 9.42. The third-order valence-electron chi connectivity index (χ3n) is 2.84. The van der Waals surface area contributed by atoms with Crippen molar-refractivity contribution in [3.8, 4) is 0 Å². The zero-order chi connectivity index (χ0) is 17.6. The van der Waals surface area contributed by atoms with Gasteiger partial charge in [-0.15, -0.1) is 0 Å². The van der Waals surface area contributed by atoms with Crippen LogP contribution in [0.25, 0.3) is 0 Å². The summed E-state index contributed by atoms with van der Waals surface area (Å²) in [5.74, 6) is -2.69. The first-order chi connectivity index (χ1) is 10.8. The van der Waals surface area contributed by atoms with Gasteiger partial charge in [0.15, 0.2) is 0 Å². The van der Waals surface area contributed by atoms with E-state index in [0.29, 0.717) is 6.29 Å². The summed E-state index contributed by atoms with van der Waals surface area (Å²) >= 11 is 0. The standard InChI is InChI=1S/C12H14N4O7/c13-8(5-17)9(4-11(18)19)15-14-6-1-2-10(16(22)23)7(3-6)12(20)21/h1-3,5,8-9,14-15H,4,13H2,(H,18,19)(H,20,21)/t8-,9?/m1/s1. The van der Waals surface area contributed by atoms with Crippen molar-refractivity contribution in [1.82, 2.24) is 5.43 Å². The second-order valence-electron chi connectivity index (χ2n) is 4.48. The molecule has 0 amide bonds. The van der Waals surface area contributed by atoms with Crippen LogP contribution in [0, 0.1) is 10.1 Å². The molecule has 0 saturated heterocycles. The van der Waals surface area contributed by atoms with E-state index in [-0.39, 0.29) is 5.69 Å². The average molecular weight is 326 g/mol. The van der Waals surface area contributed by atoms with Crippen molar-refractivity contribution in [2.75, 3.05) is 5.43 Å². The summed E-state index contributed by atoms with van der Waals surface area (Å²) in [6, 6.07) is 1.13. The Balaban J connectivity index is 2.93. The summed E-state index contributed by atoms with van der Waals surface area (Å²) in [5, 5.41) is 28.5. The first-order valence-corrected chi connectivity index (χ1v) is 6.22. The monoisotopic (exact) mass is 326 g/mol. The highest BCUT2D eigenvalue weighted by Gasteiger charge is 2.22. The number of nitrogens with two attached hydrogens (primary N) is 1. The molecule has 0 radical (unpaired) electrons. The highest BCUT2D eigenvalue weighted by Crippen LogP contribution is 2.22. The molecule has 6 N–H and O–H groups in total. The van der Waals surface area contributed by atoms with Gasteiger partial charge in [-0.25, -0.2) is 10.2 Å². The fourth-order valence-electron chi connectivity index (χ4n) is 1.69. The molecule has 0 aliphatic rings. The van der Waals surface area contributed by atoms with Gasteiger partial charge in [0.25, 0.3) is 5.69 Å². The number of benzene rings is 1. The van der Waals surface area contributed by atoms with Crippen LogP contribution in [0.3, 0.4) is 0 Å². The molecule has 11 nitrogen and oxygen atoms in total. The van der Waals surface area contributed by atoms with Crippen molar-refractivity contribution in [1.29, 1.82) is 0 Å². The molecule has 0 fully saturated rings. The predicted molar refractivity (Wildman–Crippen MR) is 76.9 cm³/mol. The molecule has 0 aromatic heterocycles. The van der Waals surface area contributed by atoms with Crippen molar-refractivity contribution < 1.29 is 29.5 Å². The van der Waals surface area contributed by atoms with Crippen LogP contribution < -0.4 is 16.6 Å². The molecule has 0 heterocycles. The van der Waals surface area contributed by atoms with Crippen LogP contribution in [0.15, 0.2) is 18.2 Å². The second-order valence-corrected chi connectivity index (χ2v) is 4.48. The van der Waals surface area contributed by atoms with Crippen molar-refractivity contribution in [3.05, 3.63) is 33.9 Å². The molecular formula is C12H14N4O7. The minimum atomic E-state index is -1.49. The lowest BCUT2D eigenvalue weighted by Gasteiger charge is -2.20. The Kier molecular flexibility index (Phi) is 6.12. The molecule has 1 aromatic carbocycles. The van der Waals surface area contributed by atoms with E-state index in [4.69, 9.17) is 15.9 Å². The Hall–Kier alpha value is -3.05. The molecule has 0 aliphatic heterocycles. The number of carbonyl (C=O) groups excluding carboxylic acids is 1. The number of carboxylic acid groups (broad SMARTS) is 2. The van der Waals surface area contributed by atoms with Crippen LogP contribution in [0.1, 0.15) is 16.8 Å². The van der Waals surface area contributed by atoms with E-state index >= 15 is 0 Å². The van der Waals surface area contributed by atoms with E-state index in [1.54, 1.807) is 0 Å². The first kappa shape index (κ1) is 18.0. The summed E-state index contributed by atoms with van der Waals surface area (Å²) in [6.07, 6.45) is -0.105. The van der Waals surface area contributed by atoms with Crippen LogP contribution in [0.2, 0.25) is 0 Å². The lowest BCUT2D eigenvalue weighted by molar-refractivity contribution is -0.385. The van der Waals surface area contributed by atoms with Gasteiger partial charge in [0.1, 0.15) is 11.8 Å². The number of nitrogens with zero attached hydrogens (tertiary/aromatic N) is 1. The summed E-state index contributed by atoms with van der Waals surface area (Å²) in [6.45, 7) is 0. The molecule has 0 aliphatic carbocycles. The number of carboxylic acids is 2. The Bertz CT molecular complexity index is 634. The third kappa shape index (κ3) is 5.01. The van der Waals surface area contributed by atoms with Crippen molar-refractivity contribution in [3.63, 3.8) is 0 Å². The topological polar surface area (TPSA) is 185 Å². The van der Waals surface area contributed by atoms with Gasteiger partial charge in [-0.05, 0) is 12.1 Å². The van der Waals surface area contributed by atoms with Crippen LogP contribution >= 0.6 is 0 Å². The molecule has 11 heteroatoms. The molecule has 0 saturated carbocycles. The van der Waals surface area contributed by atoms with E-state index in [1.165, 1.54) is 6.07 Å². The maximum absolute atomic E-state index is 11.0. The maximum atomic E-state index is 11.0. The lowest BCUT2D eigenvalue weighted by Crippen LogP contribution is -2.49. The number of carbonyl (C=O) groups is 3. The van der Waals surface area contributed by atoms with Gasteiger partial charge in [0.05, 0.1) is 29.1 Å². The Morgan fingerprint density at radius 2 is 2.04 bits per heavy atom. The molecular weight excluding hydrogens is 312 g/mol. The molecule has 0 spiro atoms. The highest BCUT2D eigenvalue weighted by atomic mass is 16.6. The van der Waals surface area contributed by atoms with E-state index in [0.717, 1.165) is 12.1 Å². The average Bonchev–Trinajstić information content (AvgIpc) is 2.49. The van der Waals surface area contributed by atoms with Gasteiger partial charge in [-0.1, -0.05) is 0 Å². The SMILES string of the molecule is N[C@H](C=O)C(CC(=O)O)NNc1ccc([N+](=O)[O-])c(C(=O)O)c1. The number of nitrogens with one attached hydrogen (secondary N) is 2. The first-order valence-electron chi connectivity index (χ1n) is 6.22. The van der Waals surface area contributed by atoms with Gasteiger partial charge >= 0.3 is 11.9 Å². The number of aliphatic carboxylic acids is 1. The molecule has 2 atom stereocenters. The highest BCUT2D eigenvalue weighted by molar-refractivity contribution is 5.93. The van der Waals surface area contributed by atoms with E-state index in [2.05, 4.69) is 10.9 Å². The number of hydrogen-bond donors (Lipinski definition) is 5. The molecule has 1 unspecified atom stereocenters. The number of anilines is 1. The Morgan fingerprint density at radius 1 is 1.39 bits per heavy atom. The van der Waals surface area contributed by atoms with Gasteiger partial charge in [0.2, 0.25) is 0 Å². The van der Waals surface area contributed by atoms with E-state index < -0.39 is 46.6 Å². The summed E-state index contributed by atoms with van der Waals surface area (Å²) < 4.78 is 0. The van der Waals surface area contributed by atoms with Crippen molar-refractivity contribution in [2.24, 2.45) is 5.73 Å². The van der Waals surface area contributed by atoms with Crippen LogP contribution in [0.5, 0.6) is 0 Å². The number of rotatable bonds is 9. The second kappa shape index (κ2) is 7.82. The fourth-order valence-corrected chi connectivity index (χ4v) is 1.69.